The van der Waals surface area contributed by atoms with Crippen LogP contribution in [0.1, 0.15) is 50.6 Å². The summed E-state index contributed by atoms with van der Waals surface area (Å²) in [5.41, 5.74) is 9.44. The number of hydrogen-bond acceptors (Lipinski definition) is 6. The fraction of sp³-hybridized carbons (Fsp3) is 0.333. The molecule has 1 aliphatic rings. The minimum atomic E-state index is -0.575. The summed E-state index contributed by atoms with van der Waals surface area (Å²) in [6.45, 7) is 5.92. The van der Waals surface area contributed by atoms with Crippen LogP contribution in [0.2, 0.25) is 0 Å². The average molecular weight is 393 g/mol. The lowest BCUT2D eigenvalue weighted by molar-refractivity contribution is 0.0670. The number of nitrogens with zero attached hydrogens (tertiary/aromatic N) is 4. The Kier molecular flexibility index (Phi) is 4.70. The van der Waals surface area contributed by atoms with E-state index in [4.69, 9.17) is 10.3 Å². The third kappa shape index (κ3) is 3.20. The van der Waals surface area contributed by atoms with Crippen LogP contribution < -0.4 is 5.73 Å². The maximum Gasteiger partial charge on any atom is 0.259 e. The van der Waals surface area contributed by atoms with Crippen LogP contribution in [-0.2, 0) is 0 Å². The molecule has 3 aromatic rings. The first-order valence-corrected chi connectivity index (χ1v) is 9.57. The van der Waals surface area contributed by atoms with Gasteiger partial charge in [-0.3, -0.25) is 9.59 Å². The topological polar surface area (TPSA) is 107 Å². The average Bonchev–Trinajstić information content (AvgIpc) is 3.41. The van der Waals surface area contributed by atoms with Crippen LogP contribution in [0.4, 0.5) is 5.82 Å². The Balaban J connectivity index is 1.62. The minimum absolute atomic E-state index is 0.196. The molecule has 1 unspecified atom stereocenters. The number of benzene rings is 1. The van der Waals surface area contributed by atoms with Gasteiger partial charge in [0.2, 0.25) is 0 Å². The molecule has 1 atom stereocenters. The lowest BCUT2D eigenvalue weighted by atomic mass is 10.0. The van der Waals surface area contributed by atoms with E-state index >= 15 is 0 Å². The van der Waals surface area contributed by atoms with E-state index < -0.39 is 6.04 Å². The highest BCUT2D eigenvalue weighted by Gasteiger charge is 2.38. The summed E-state index contributed by atoms with van der Waals surface area (Å²) in [5, 5.41) is 8.15. The lowest BCUT2D eigenvalue weighted by Gasteiger charge is -2.23. The molecular weight excluding hydrogens is 370 g/mol. The van der Waals surface area contributed by atoms with E-state index in [9.17, 15) is 9.59 Å². The molecule has 3 heterocycles. The largest absolute Gasteiger partial charge is 0.383 e. The van der Waals surface area contributed by atoms with Gasteiger partial charge in [-0.15, -0.1) is 0 Å². The summed E-state index contributed by atoms with van der Waals surface area (Å²) >= 11 is 0. The van der Waals surface area contributed by atoms with Crippen molar-refractivity contribution >= 4 is 17.5 Å². The van der Waals surface area contributed by atoms with Crippen molar-refractivity contribution in [3.63, 3.8) is 0 Å². The molecule has 0 saturated carbocycles. The van der Waals surface area contributed by atoms with E-state index in [1.54, 1.807) is 23.4 Å². The van der Waals surface area contributed by atoms with Gasteiger partial charge >= 0.3 is 0 Å². The number of anilines is 1. The van der Waals surface area contributed by atoms with Crippen LogP contribution in [0, 0.1) is 20.8 Å². The molecule has 1 saturated heterocycles. The summed E-state index contributed by atoms with van der Waals surface area (Å²) in [4.78, 5) is 27.9. The van der Waals surface area contributed by atoms with Gasteiger partial charge in [0, 0.05) is 6.54 Å². The number of nitrogen functional groups attached to an aromatic ring is 1. The van der Waals surface area contributed by atoms with Gasteiger partial charge in [0.05, 0.1) is 29.2 Å². The summed E-state index contributed by atoms with van der Waals surface area (Å²) in [6.07, 6.45) is 2.81. The third-order valence-electron chi connectivity index (χ3n) is 5.41. The van der Waals surface area contributed by atoms with Gasteiger partial charge in [-0.25, -0.2) is 4.68 Å². The molecule has 0 aliphatic carbocycles. The Morgan fingerprint density at radius 2 is 1.90 bits per heavy atom. The highest BCUT2D eigenvalue weighted by molar-refractivity contribution is 6.07. The molecule has 0 bridgehead atoms. The van der Waals surface area contributed by atoms with E-state index in [0.29, 0.717) is 35.5 Å². The van der Waals surface area contributed by atoms with Crippen LogP contribution in [0.5, 0.6) is 0 Å². The molecule has 1 aromatic carbocycles. The highest BCUT2D eigenvalue weighted by atomic mass is 16.5. The smallest absolute Gasteiger partial charge is 0.259 e. The maximum absolute atomic E-state index is 13.3. The molecular formula is C21H23N5O3. The van der Waals surface area contributed by atoms with Crippen molar-refractivity contribution in [1.82, 2.24) is 19.8 Å². The Hall–Kier alpha value is -3.42. The summed E-state index contributed by atoms with van der Waals surface area (Å²) in [5.74, 6) is 0.299. The number of nitrogens with two attached hydrogens (primary N) is 1. The summed E-state index contributed by atoms with van der Waals surface area (Å²) < 4.78 is 6.66. The second-order valence-corrected chi connectivity index (χ2v) is 7.41. The predicted molar refractivity (Wildman–Crippen MR) is 107 cm³/mol. The van der Waals surface area contributed by atoms with Crippen LogP contribution >= 0.6 is 0 Å². The van der Waals surface area contributed by atoms with E-state index in [0.717, 1.165) is 17.7 Å². The van der Waals surface area contributed by atoms with E-state index in [-0.39, 0.29) is 17.5 Å². The zero-order valence-corrected chi connectivity index (χ0v) is 16.7. The first kappa shape index (κ1) is 18.9. The summed E-state index contributed by atoms with van der Waals surface area (Å²) in [7, 11) is 0. The number of likely N-dealkylation sites (tertiary alicyclic amines) is 1. The van der Waals surface area contributed by atoms with Crippen LogP contribution in [-0.4, -0.2) is 44.1 Å². The molecule has 8 heteroatoms. The van der Waals surface area contributed by atoms with Gasteiger partial charge in [-0.1, -0.05) is 22.9 Å². The third-order valence-corrected chi connectivity index (χ3v) is 5.41. The quantitative estimate of drug-likeness (QED) is 0.683. The zero-order valence-electron chi connectivity index (χ0n) is 16.7. The molecule has 2 N–H and O–H groups in total. The monoisotopic (exact) mass is 393 g/mol. The number of rotatable bonds is 4. The second-order valence-electron chi connectivity index (χ2n) is 7.41. The first-order chi connectivity index (χ1) is 13.9. The Labute approximate surface area is 168 Å². The van der Waals surface area contributed by atoms with Crippen LogP contribution in [0.3, 0.4) is 0 Å². The number of ketones is 1. The number of amides is 1. The van der Waals surface area contributed by atoms with Crippen molar-refractivity contribution in [3.05, 3.63) is 58.6 Å². The minimum Gasteiger partial charge on any atom is -0.383 e. The second kappa shape index (κ2) is 7.20. The molecule has 4 rings (SSSR count). The van der Waals surface area contributed by atoms with E-state index in [1.165, 1.54) is 6.20 Å². The van der Waals surface area contributed by atoms with Crippen molar-refractivity contribution in [2.45, 2.75) is 39.7 Å². The van der Waals surface area contributed by atoms with Gasteiger partial charge < -0.3 is 15.2 Å². The summed E-state index contributed by atoms with van der Waals surface area (Å²) in [6, 6.07) is 7.14. The number of Topliss-reactive ketones (excluding diaryl/α,β-unsaturated/α-hetero) is 1. The predicted octanol–water partition coefficient (Wildman–Crippen LogP) is 2.86. The van der Waals surface area contributed by atoms with Crippen molar-refractivity contribution in [2.24, 2.45) is 0 Å². The Morgan fingerprint density at radius 3 is 2.55 bits per heavy atom. The lowest BCUT2D eigenvalue weighted by Crippen LogP contribution is -2.41. The highest BCUT2D eigenvalue weighted by Crippen LogP contribution is 2.28. The molecule has 2 aromatic heterocycles. The fourth-order valence-corrected chi connectivity index (χ4v) is 3.83. The molecule has 150 valence electrons. The number of carbonyl (C=O) groups excluding carboxylic acids is 2. The molecule has 1 aliphatic heterocycles. The van der Waals surface area contributed by atoms with Crippen LogP contribution in [0.25, 0.3) is 5.69 Å². The van der Waals surface area contributed by atoms with Crippen LogP contribution in [0.15, 0.2) is 35.0 Å². The van der Waals surface area contributed by atoms with Gasteiger partial charge in [0.25, 0.3) is 5.91 Å². The normalized spacial score (nSPS) is 16.4. The first-order valence-electron chi connectivity index (χ1n) is 9.57. The SMILES string of the molecule is Cc1ccc(-n2ncc(C(=O)C3CCCN3C(=O)c3c(C)noc3C)c2N)cc1. The van der Waals surface area contributed by atoms with E-state index in [2.05, 4.69) is 10.3 Å². The standard InChI is InChI=1S/C21H23N5O3/c1-12-6-8-15(9-7-12)26-20(22)16(11-23-26)19(27)17-5-4-10-25(17)21(28)18-13(2)24-29-14(18)3/h6-9,11,17H,4-5,10,22H2,1-3H3. The number of carbonyl (C=O) groups is 2. The van der Waals surface area contributed by atoms with Gasteiger partial charge in [-0.2, -0.15) is 5.10 Å². The molecule has 0 spiro atoms. The number of hydrogen-bond donors (Lipinski definition) is 1. The molecule has 0 radical (unpaired) electrons. The van der Waals surface area contributed by atoms with E-state index in [1.807, 2.05) is 31.2 Å². The molecule has 29 heavy (non-hydrogen) atoms. The van der Waals surface area contributed by atoms with Crippen molar-refractivity contribution in [1.29, 1.82) is 0 Å². The number of aromatic nitrogens is 3. The Bertz CT molecular complexity index is 1060. The molecule has 8 nitrogen and oxygen atoms in total. The van der Waals surface area contributed by atoms with Crippen molar-refractivity contribution in [3.8, 4) is 5.69 Å². The maximum atomic E-state index is 13.3. The van der Waals surface area contributed by atoms with Gasteiger partial charge in [0.1, 0.15) is 17.1 Å². The van der Waals surface area contributed by atoms with Crippen molar-refractivity contribution < 1.29 is 14.1 Å². The Morgan fingerprint density at radius 1 is 1.17 bits per heavy atom. The van der Waals surface area contributed by atoms with Gasteiger partial charge in [0.15, 0.2) is 5.78 Å². The fourth-order valence-electron chi connectivity index (χ4n) is 3.83. The number of aryl methyl sites for hydroxylation is 3. The zero-order chi connectivity index (χ0) is 20.7. The molecule has 1 amide bonds. The molecule has 1 fully saturated rings. The van der Waals surface area contributed by atoms with Crippen molar-refractivity contribution in [2.75, 3.05) is 12.3 Å². The van der Waals surface area contributed by atoms with Gasteiger partial charge in [-0.05, 0) is 45.7 Å².